The van der Waals surface area contributed by atoms with Crippen molar-refractivity contribution in [2.75, 3.05) is 0 Å². The third-order valence-electron chi connectivity index (χ3n) is 1.09. The highest BCUT2D eigenvalue weighted by Gasteiger charge is 2.31. The molecule has 0 spiro atoms. The summed E-state index contributed by atoms with van der Waals surface area (Å²) in [4.78, 5) is 0. The molecule has 0 bridgehead atoms. The van der Waals surface area contributed by atoms with Crippen molar-refractivity contribution in [1.29, 1.82) is 0 Å². The van der Waals surface area contributed by atoms with Crippen molar-refractivity contribution >= 4 is 0 Å². The monoisotopic (exact) mass is 163 g/mol. The van der Waals surface area contributed by atoms with Crippen LogP contribution in [0.4, 0.5) is 13.2 Å². The van der Waals surface area contributed by atoms with E-state index in [9.17, 15) is 13.2 Å². The SMILES string of the molecule is FC(F)(F)OC1=CC[CH]C=C1. The zero-order valence-electron chi connectivity index (χ0n) is 5.56. The summed E-state index contributed by atoms with van der Waals surface area (Å²) < 4.78 is 38.2. The van der Waals surface area contributed by atoms with Gasteiger partial charge in [0.1, 0.15) is 5.76 Å². The van der Waals surface area contributed by atoms with Crippen molar-refractivity contribution in [3.05, 3.63) is 30.4 Å². The summed E-state index contributed by atoms with van der Waals surface area (Å²) in [5.41, 5.74) is 0. The molecule has 0 aromatic carbocycles. The van der Waals surface area contributed by atoms with E-state index in [1.807, 2.05) is 0 Å². The van der Waals surface area contributed by atoms with Crippen molar-refractivity contribution in [2.24, 2.45) is 0 Å². The van der Waals surface area contributed by atoms with Crippen molar-refractivity contribution in [3.63, 3.8) is 0 Å². The predicted octanol–water partition coefficient (Wildman–Crippen LogP) is 2.57. The summed E-state index contributed by atoms with van der Waals surface area (Å²) in [6.45, 7) is 0. The van der Waals surface area contributed by atoms with Crippen LogP contribution < -0.4 is 0 Å². The molecule has 0 unspecified atom stereocenters. The van der Waals surface area contributed by atoms with Crippen LogP contribution in [0, 0.1) is 6.42 Å². The lowest BCUT2D eigenvalue weighted by Gasteiger charge is -2.11. The van der Waals surface area contributed by atoms with Crippen molar-refractivity contribution in [3.8, 4) is 0 Å². The Morgan fingerprint density at radius 2 is 2.09 bits per heavy atom. The van der Waals surface area contributed by atoms with Crippen LogP contribution in [-0.2, 0) is 4.74 Å². The molecule has 0 aromatic rings. The maximum absolute atomic E-state index is 11.5. The van der Waals surface area contributed by atoms with Crippen molar-refractivity contribution in [2.45, 2.75) is 12.8 Å². The van der Waals surface area contributed by atoms with Gasteiger partial charge >= 0.3 is 6.36 Å². The summed E-state index contributed by atoms with van der Waals surface area (Å²) >= 11 is 0. The molecule has 1 aliphatic rings. The zero-order chi connectivity index (χ0) is 8.32. The van der Waals surface area contributed by atoms with Crippen LogP contribution >= 0.6 is 0 Å². The van der Waals surface area contributed by atoms with Gasteiger partial charge in [0.15, 0.2) is 0 Å². The van der Waals surface area contributed by atoms with E-state index in [-0.39, 0.29) is 5.76 Å². The fourth-order valence-corrected chi connectivity index (χ4v) is 0.703. The molecule has 0 aliphatic heterocycles. The maximum Gasteiger partial charge on any atom is 0.573 e. The number of ether oxygens (including phenoxy) is 1. The smallest absolute Gasteiger partial charge is 0.406 e. The van der Waals surface area contributed by atoms with Gasteiger partial charge in [-0.25, -0.2) is 0 Å². The molecule has 0 heterocycles. The molecular formula is C7H6F3O. The van der Waals surface area contributed by atoms with Gasteiger partial charge in [-0.2, -0.15) is 0 Å². The summed E-state index contributed by atoms with van der Waals surface area (Å²) in [7, 11) is 0. The first-order valence-electron chi connectivity index (χ1n) is 3.04. The van der Waals surface area contributed by atoms with E-state index in [4.69, 9.17) is 0 Å². The second kappa shape index (κ2) is 2.98. The maximum atomic E-state index is 11.5. The van der Waals surface area contributed by atoms with Crippen molar-refractivity contribution < 1.29 is 17.9 Å². The molecule has 0 saturated heterocycles. The van der Waals surface area contributed by atoms with Crippen molar-refractivity contribution in [1.82, 2.24) is 0 Å². The largest absolute Gasteiger partial charge is 0.573 e. The molecule has 0 amide bonds. The van der Waals surface area contributed by atoms with Gasteiger partial charge in [-0.15, -0.1) is 13.2 Å². The second-order valence-corrected chi connectivity index (χ2v) is 1.98. The molecule has 4 heteroatoms. The van der Waals surface area contributed by atoms with E-state index < -0.39 is 6.36 Å². The Bertz CT molecular complexity index is 190. The van der Waals surface area contributed by atoms with E-state index in [1.165, 1.54) is 18.2 Å². The van der Waals surface area contributed by atoms with Crippen LogP contribution in [0.5, 0.6) is 0 Å². The normalized spacial score (nSPS) is 17.9. The summed E-state index contributed by atoms with van der Waals surface area (Å²) in [6.07, 6.45) is 1.82. The number of alkyl halides is 3. The first-order chi connectivity index (χ1) is 5.08. The van der Waals surface area contributed by atoms with Gasteiger partial charge in [0.05, 0.1) is 0 Å². The lowest BCUT2D eigenvalue weighted by atomic mass is 10.2. The molecule has 1 radical (unpaired) electrons. The molecule has 0 N–H and O–H groups in total. The van der Waals surface area contributed by atoms with Gasteiger partial charge in [-0.3, -0.25) is 0 Å². The molecule has 1 aliphatic carbocycles. The topological polar surface area (TPSA) is 9.23 Å². The first-order valence-corrected chi connectivity index (χ1v) is 3.04. The van der Waals surface area contributed by atoms with E-state index in [0.29, 0.717) is 6.42 Å². The molecule has 1 rings (SSSR count). The molecule has 0 aromatic heterocycles. The number of hydrogen-bond acceptors (Lipinski definition) is 1. The quantitative estimate of drug-likeness (QED) is 0.577. The van der Waals surface area contributed by atoms with Gasteiger partial charge < -0.3 is 4.74 Å². The molecule has 0 fully saturated rings. The molecular weight excluding hydrogens is 157 g/mol. The van der Waals surface area contributed by atoms with Crippen LogP contribution in [0.15, 0.2) is 24.0 Å². The molecule has 0 atom stereocenters. The average molecular weight is 163 g/mol. The zero-order valence-corrected chi connectivity index (χ0v) is 5.56. The Labute approximate surface area is 62.2 Å². The number of allylic oxidation sites excluding steroid dienone is 3. The molecule has 1 nitrogen and oxygen atoms in total. The third-order valence-corrected chi connectivity index (χ3v) is 1.09. The Morgan fingerprint density at radius 3 is 2.55 bits per heavy atom. The average Bonchev–Trinajstić information content (AvgIpc) is 1.85. The fraction of sp³-hybridized carbons (Fsp3) is 0.286. The molecule has 0 saturated carbocycles. The van der Waals surface area contributed by atoms with Gasteiger partial charge in [0.2, 0.25) is 0 Å². The van der Waals surface area contributed by atoms with Crippen LogP contribution in [-0.4, -0.2) is 6.36 Å². The van der Waals surface area contributed by atoms with E-state index >= 15 is 0 Å². The minimum atomic E-state index is -4.58. The molecule has 61 valence electrons. The Kier molecular flexibility index (Phi) is 2.22. The lowest BCUT2D eigenvalue weighted by molar-refractivity contribution is -0.303. The number of hydrogen-bond donors (Lipinski definition) is 0. The first kappa shape index (κ1) is 8.17. The summed E-state index contributed by atoms with van der Waals surface area (Å²) in [5.74, 6) is -0.139. The Morgan fingerprint density at radius 1 is 1.36 bits per heavy atom. The number of halogens is 3. The van der Waals surface area contributed by atoms with Gasteiger partial charge in [0.25, 0.3) is 0 Å². The van der Waals surface area contributed by atoms with Crippen LogP contribution in [0.25, 0.3) is 0 Å². The van der Waals surface area contributed by atoms with E-state index in [1.54, 1.807) is 6.42 Å². The van der Waals surface area contributed by atoms with Crippen LogP contribution in [0.2, 0.25) is 0 Å². The van der Waals surface area contributed by atoms with Gasteiger partial charge in [-0.1, -0.05) is 6.08 Å². The molecule has 11 heavy (non-hydrogen) atoms. The Balaban J connectivity index is 2.49. The highest BCUT2D eigenvalue weighted by atomic mass is 19.4. The second-order valence-electron chi connectivity index (χ2n) is 1.98. The Hall–Kier alpha value is -0.930. The number of rotatable bonds is 1. The highest BCUT2D eigenvalue weighted by Crippen LogP contribution is 2.23. The van der Waals surface area contributed by atoms with E-state index in [2.05, 4.69) is 4.74 Å². The van der Waals surface area contributed by atoms with Crippen LogP contribution in [0.3, 0.4) is 0 Å². The summed E-state index contributed by atoms with van der Waals surface area (Å²) in [6, 6.07) is 0. The van der Waals surface area contributed by atoms with Crippen LogP contribution in [0.1, 0.15) is 6.42 Å². The minimum Gasteiger partial charge on any atom is -0.406 e. The fourth-order valence-electron chi connectivity index (χ4n) is 0.703. The van der Waals surface area contributed by atoms with Gasteiger partial charge in [0, 0.05) is 0 Å². The predicted molar refractivity (Wildman–Crippen MR) is 33.3 cm³/mol. The van der Waals surface area contributed by atoms with Gasteiger partial charge in [-0.05, 0) is 25.0 Å². The highest BCUT2D eigenvalue weighted by molar-refractivity contribution is 5.21. The minimum absolute atomic E-state index is 0.139. The lowest BCUT2D eigenvalue weighted by Crippen LogP contribution is -2.12. The third kappa shape index (κ3) is 3.11. The standard InChI is InChI=1S/C7H6F3O/c8-7(9,10)11-6-4-2-1-3-5-6/h1-2,4-5H,3H2. The van der Waals surface area contributed by atoms with E-state index in [0.717, 1.165) is 0 Å². The summed E-state index contributed by atoms with van der Waals surface area (Å²) in [5, 5.41) is 0.